The van der Waals surface area contributed by atoms with E-state index in [9.17, 15) is 13.9 Å². The number of hydrogen-bond acceptors (Lipinski definition) is 3. The molecule has 5 heteroatoms. The van der Waals surface area contributed by atoms with Crippen molar-refractivity contribution in [2.75, 3.05) is 20.3 Å². The van der Waals surface area contributed by atoms with E-state index in [1.807, 2.05) is 6.92 Å². The van der Waals surface area contributed by atoms with Crippen LogP contribution in [-0.2, 0) is 4.74 Å². The van der Waals surface area contributed by atoms with Crippen LogP contribution < -0.4 is 5.32 Å². The monoisotopic (exact) mass is 287 g/mol. The summed E-state index contributed by atoms with van der Waals surface area (Å²) in [5.74, 6) is -1.44. The first-order valence-electron chi connectivity index (χ1n) is 6.79. The molecule has 3 atom stereocenters. The summed E-state index contributed by atoms with van der Waals surface area (Å²) in [6, 6.07) is 3.65. The van der Waals surface area contributed by atoms with Crippen LogP contribution in [0.15, 0.2) is 18.2 Å². The van der Waals surface area contributed by atoms with Crippen molar-refractivity contribution in [1.29, 1.82) is 0 Å². The molecule has 0 aliphatic carbocycles. The van der Waals surface area contributed by atoms with Crippen molar-refractivity contribution >= 4 is 0 Å². The van der Waals surface area contributed by atoms with Crippen LogP contribution in [-0.4, -0.2) is 31.5 Å². The number of rotatable bonds is 8. The second-order valence-corrected chi connectivity index (χ2v) is 5.28. The molecule has 0 spiro atoms. The molecule has 0 saturated heterocycles. The van der Waals surface area contributed by atoms with Gasteiger partial charge in [-0.05, 0) is 43.5 Å². The topological polar surface area (TPSA) is 41.5 Å². The number of aliphatic hydroxyl groups excluding tert-OH is 1. The zero-order chi connectivity index (χ0) is 15.1. The molecule has 3 unspecified atom stereocenters. The third-order valence-corrected chi connectivity index (χ3v) is 3.14. The van der Waals surface area contributed by atoms with Gasteiger partial charge in [0.25, 0.3) is 0 Å². The molecule has 0 saturated carbocycles. The van der Waals surface area contributed by atoms with Gasteiger partial charge in [0.1, 0.15) is 0 Å². The van der Waals surface area contributed by atoms with Gasteiger partial charge in [-0.15, -0.1) is 0 Å². The fraction of sp³-hybridized carbons (Fsp3) is 0.600. The lowest BCUT2D eigenvalue weighted by Gasteiger charge is -2.22. The van der Waals surface area contributed by atoms with E-state index in [0.29, 0.717) is 25.1 Å². The Bertz CT molecular complexity index is 413. The second-order valence-electron chi connectivity index (χ2n) is 5.28. The number of hydrogen-bond donors (Lipinski definition) is 2. The van der Waals surface area contributed by atoms with Crippen molar-refractivity contribution < 1.29 is 18.6 Å². The normalized spacial score (nSPS) is 15.9. The summed E-state index contributed by atoms with van der Waals surface area (Å²) in [5, 5.41) is 12.6. The number of aliphatic hydroxyl groups is 1. The summed E-state index contributed by atoms with van der Waals surface area (Å²) in [5.41, 5.74) is 0.648. The summed E-state index contributed by atoms with van der Waals surface area (Å²) in [4.78, 5) is 0. The molecule has 1 aromatic rings. The van der Waals surface area contributed by atoms with Crippen molar-refractivity contribution in [3.05, 3.63) is 35.4 Å². The minimum atomic E-state index is -0.859. The molecule has 0 amide bonds. The molecule has 20 heavy (non-hydrogen) atoms. The zero-order valence-electron chi connectivity index (χ0n) is 12.2. The maximum atomic E-state index is 13.3. The standard InChI is InChI=1S/C15H23F2NO2/c1-10(6-11(2)19)8-18-15(9-20-3)12-4-5-13(16)14(17)7-12/h4-5,7,10-11,15,18-19H,6,8-9H2,1-3H3. The summed E-state index contributed by atoms with van der Waals surface area (Å²) >= 11 is 0. The molecule has 0 aliphatic heterocycles. The number of nitrogens with one attached hydrogen (secondary N) is 1. The van der Waals surface area contributed by atoms with E-state index >= 15 is 0 Å². The van der Waals surface area contributed by atoms with Gasteiger partial charge in [0.15, 0.2) is 11.6 Å². The number of methoxy groups -OCH3 is 1. The maximum absolute atomic E-state index is 13.3. The highest BCUT2D eigenvalue weighted by atomic mass is 19.2. The first-order valence-corrected chi connectivity index (χ1v) is 6.79. The highest BCUT2D eigenvalue weighted by molar-refractivity contribution is 5.21. The molecule has 0 aromatic heterocycles. The minimum Gasteiger partial charge on any atom is -0.393 e. The predicted octanol–water partition coefficient (Wildman–Crippen LogP) is 2.65. The van der Waals surface area contributed by atoms with Gasteiger partial charge in [-0.1, -0.05) is 13.0 Å². The third kappa shape index (κ3) is 5.53. The van der Waals surface area contributed by atoms with E-state index < -0.39 is 11.6 Å². The average molecular weight is 287 g/mol. The lowest BCUT2D eigenvalue weighted by Crippen LogP contribution is -2.30. The van der Waals surface area contributed by atoms with Crippen LogP contribution in [0.2, 0.25) is 0 Å². The zero-order valence-corrected chi connectivity index (χ0v) is 12.2. The fourth-order valence-electron chi connectivity index (χ4n) is 2.18. The molecule has 114 valence electrons. The molecule has 3 nitrogen and oxygen atoms in total. The molecule has 0 heterocycles. The van der Waals surface area contributed by atoms with Crippen LogP contribution >= 0.6 is 0 Å². The summed E-state index contributed by atoms with van der Waals surface area (Å²) in [6.07, 6.45) is 0.334. The molecule has 0 bridgehead atoms. The Hall–Kier alpha value is -1.04. The van der Waals surface area contributed by atoms with Crippen molar-refractivity contribution in [3.63, 3.8) is 0 Å². The van der Waals surface area contributed by atoms with Gasteiger partial charge in [0.05, 0.1) is 18.8 Å². The Balaban J connectivity index is 2.66. The first-order chi connectivity index (χ1) is 9.43. The molecule has 0 fully saturated rings. The van der Waals surface area contributed by atoms with Gasteiger partial charge in [0, 0.05) is 7.11 Å². The van der Waals surface area contributed by atoms with Gasteiger partial charge < -0.3 is 15.2 Å². The number of benzene rings is 1. The Morgan fingerprint density at radius 2 is 1.95 bits per heavy atom. The minimum absolute atomic E-state index is 0.202. The Kier molecular flexibility index (Phi) is 7.05. The molecule has 1 aromatic carbocycles. The molecule has 0 radical (unpaired) electrons. The number of ether oxygens (including phenoxy) is 1. The quantitative estimate of drug-likeness (QED) is 0.772. The van der Waals surface area contributed by atoms with E-state index in [1.54, 1.807) is 20.1 Å². The lowest BCUT2D eigenvalue weighted by molar-refractivity contribution is 0.149. The summed E-state index contributed by atoms with van der Waals surface area (Å²) in [6.45, 7) is 4.80. The lowest BCUT2D eigenvalue weighted by atomic mass is 10.0. The molecule has 0 aliphatic rings. The predicted molar refractivity (Wildman–Crippen MR) is 74.4 cm³/mol. The van der Waals surface area contributed by atoms with Crippen LogP contribution in [0.1, 0.15) is 31.9 Å². The fourth-order valence-corrected chi connectivity index (χ4v) is 2.18. The Morgan fingerprint density at radius 1 is 1.25 bits per heavy atom. The smallest absolute Gasteiger partial charge is 0.159 e. The summed E-state index contributed by atoms with van der Waals surface area (Å²) < 4.78 is 31.3. The molecule has 1 rings (SSSR count). The van der Waals surface area contributed by atoms with Gasteiger partial charge in [-0.25, -0.2) is 8.78 Å². The van der Waals surface area contributed by atoms with E-state index in [2.05, 4.69) is 5.32 Å². The molecule has 2 N–H and O–H groups in total. The van der Waals surface area contributed by atoms with Crippen LogP contribution in [0, 0.1) is 17.6 Å². The van der Waals surface area contributed by atoms with Crippen molar-refractivity contribution in [2.45, 2.75) is 32.4 Å². The van der Waals surface area contributed by atoms with Gasteiger partial charge in [-0.2, -0.15) is 0 Å². The van der Waals surface area contributed by atoms with Gasteiger partial charge in [-0.3, -0.25) is 0 Å². The van der Waals surface area contributed by atoms with Crippen LogP contribution in [0.25, 0.3) is 0 Å². The molecular weight excluding hydrogens is 264 g/mol. The Labute approximate surface area is 119 Å². The SMILES string of the molecule is COCC(NCC(C)CC(C)O)c1ccc(F)c(F)c1. The number of halogens is 2. The third-order valence-electron chi connectivity index (χ3n) is 3.14. The Morgan fingerprint density at radius 3 is 2.50 bits per heavy atom. The van der Waals surface area contributed by atoms with Crippen LogP contribution in [0.4, 0.5) is 8.78 Å². The van der Waals surface area contributed by atoms with Crippen LogP contribution in [0.5, 0.6) is 0 Å². The second kappa shape index (κ2) is 8.29. The highest BCUT2D eigenvalue weighted by Crippen LogP contribution is 2.17. The van der Waals surface area contributed by atoms with E-state index in [4.69, 9.17) is 4.74 Å². The largest absolute Gasteiger partial charge is 0.393 e. The van der Waals surface area contributed by atoms with Crippen LogP contribution in [0.3, 0.4) is 0 Å². The van der Waals surface area contributed by atoms with E-state index in [-0.39, 0.29) is 18.1 Å². The first kappa shape index (κ1) is 17.0. The maximum Gasteiger partial charge on any atom is 0.159 e. The van der Waals surface area contributed by atoms with Crippen molar-refractivity contribution in [1.82, 2.24) is 5.32 Å². The van der Waals surface area contributed by atoms with Gasteiger partial charge in [0.2, 0.25) is 0 Å². The average Bonchev–Trinajstić information content (AvgIpc) is 2.37. The van der Waals surface area contributed by atoms with E-state index in [1.165, 1.54) is 6.07 Å². The summed E-state index contributed by atoms with van der Waals surface area (Å²) in [7, 11) is 1.56. The van der Waals surface area contributed by atoms with Crippen molar-refractivity contribution in [2.24, 2.45) is 5.92 Å². The molecular formula is C15H23F2NO2. The van der Waals surface area contributed by atoms with Crippen molar-refractivity contribution in [3.8, 4) is 0 Å². The van der Waals surface area contributed by atoms with E-state index in [0.717, 1.165) is 6.07 Å². The highest BCUT2D eigenvalue weighted by Gasteiger charge is 2.15. The van der Waals surface area contributed by atoms with Gasteiger partial charge >= 0.3 is 0 Å².